The number of benzene rings is 3. The van der Waals surface area contributed by atoms with E-state index in [1.54, 1.807) is 78.9 Å². The number of carbonyl (C=O) groups excluding carboxylic acids is 1. The molecule has 33 heavy (non-hydrogen) atoms. The number of ketones is 1. The van der Waals surface area contributed by atoms with Gasteiger partial charge in [-0.05, 0) is 18.1 Å². The van der Waals surface area contributed by atoms with E-state index in [9.17, 15) is 25.2 Å². The molecule has 0 aliphatic rings. The number of hydrogen-bond acceptors (Lipinski definition) is 7. The second kappa shape index (κ2) is 10.8. The number of ether oxygens (including phenoxy) is 2. The van der Waals surface area contributed by atoms with Crippen molar-refractivity contribution in [2.24, 2.45) is 0 Å². The molecule has 0 spiro atoms. The fourth-order valence-corrected chi connectivity index (χ4v) is 3.37. The van der Waals surface area contributed by atoms with Crippen LogP contribution in [0, 0.1) is 0 Å². The van der Waals surface area contributed by atoms with Gasteiger partial charge in [-0.3, -0.25) is 4.79 Å². The molecule has 0 saturated carbocycles. The van der Waals surface area contributed by atoms with Crippen LogP contribution in [0.1, 0.15) is 28.4 Å². The lowest BCUT2D eigenvalue weighted by molar-refractivity contribution is -0.428. The van der Waals surface area contributed by atoms with Crippen LogP contribution in [0.15, 0.2) is 91.0 Å². The summed E-state index contributed by atoms with van der Waals surface area (Å²) in [6, 6.07) is 25.2. The van der Waals surface area contributed by atoms with Gasteiger partial charge in [0.25, 0.3) is 11.6 Å². The Bertz CT molecular complexity index is 1010. The molecule has 0 radical (unpaired) electrons. The Morgan fingerprint density at radius 1 is 0.727 bits per heavy atom. The maximum absolute atomic E-state index is 13.0. The molecule has 3 aromatic rings. The van der Waals surface area contributed by atoms with Crippen LogP contribution in [0.5, 0.6) is 0 Å². The predicted octanol–water partition coefficient (Wildman–Crippen LogP) is 2.42. The summed E-state index contributed by atoms with van der Waals surface area (Å²) in [6.07, 6.45) is -4.03. The molecule has 0 fully saturated rings. The van der Waals surface area contributed by atoms with Gasteiger partial charge in [0.2, 0.25) is 0 Å². The van der Waals surface area contributed by atoms with Crippen LogP contribution >= 0.6 is 0 Å². The van der Waals surface area contributed by atoms with E-state index in [4.69, 9.17) is 9.47 Å². The zero-order valence-electron chi connectivity index (χ0n) is 18.2. The Kier molecular flexibility index (Phi) is 8.10. The highest BCUT2D eigenvalue weighted by atomic mass is 16.7. The molecule has 4 N–H and O–H groups in total. The minimum absolute atomic E-state index is 0.0859. The number of carbonyl (C=O) groups is 1. The van der Waals surface area contributed by atoms with Crippen molar-refractivity contribution in [2.45, 2.75) is 43.9 Å². The van der Waals surface area contributed by atoms with Crippen molar-refractivity contribution < 1.29 is 34.7 Å². The molecule has 0 heterocycles. The lowest BCUT2D eigenvalue weighted by Gasteiger charge is -2.45. The average Bonchev–Trinajstić information content (AvgIpc) is 2.86. The Morgan fingerprint density at radius 3 is 1.55 bits per heavy atom. The standard InChI is InChI=1S/C26H28O7/c1-19(27)25(30,32-17-20-11-5-2-6-12-20)26(31,33-18-21-13-7-3-8-14-21)24(29)23(28)22-15-9-4-10-16-22/h2-16,19,24,27,29-31H,17-18H2,1H3/t19-,24+,25-,26+/m1/s1. The lowest BCUT2D eigenvalue weighted by atomic mass is 9.89. The summed E-state index contributed by atoms with van der Waals surface area (Å²) in [6.45, 7) is 0.660. The van der Waals surface area contributed by atoms with E-state index in [0.717, 1.165) is 0 Å². The average molecular weight is 453 g/mol. The van der Waals surface area contributed by atoms with Gasteiger partial charge in [-0.1, -0.05) is 91.0 Å². The number of Topliss-reactive ketones (excluding diaryl/α,β-unsaturated/α-hetero) is 1. The third-order valence-corrected chi connectivity index (χ3v) is 5.36. The summed E-state index contributed by atoms with van der Waals surface area (Å²) >= 11 is 0. The maximum atomic E-state index is 13.0. The topological polar surface area (TPSA) is 116 Å². The van der Waals surface area contributed by atoms with Crippen molar-refractivity contribution in [3.8, 4) is 0 Å². The number of aliphatic hydroxyl groups excluding tert-OH is 2. The van der Waals surface area contributed by atoms with Crippen LogP contribution in [0.2, 0.25) is 0 Å². The molecule has 0 amide bonds. The largest absolute Gasteiger partial charge is 0.388 e. The molecular formula is C26H28O7. The highest BCUT2D eigenvalue weighted by Gasteiger charge is 2.62. The zero-order chi connectivity index (χ0) is 23.9. The van der Waals surface area contributed by atoms with Crippen molar-refractivity contribution in [2.75, 3.05) is 0 Å². The molecule has 0 aromatic heterocycles. The Hall–Kier alpha value is -2.91. The molecular weight excluding hydrogens is 424 g/mol. The monoisotopic (exact) mass is 452 g/mol. The van der Waals surface area contributed by atoms with Gasteiger partial charge in [0.15, 0.2) is 11.9 Å². The third-order valence-electron chi connectivity index (χ3n) is 5.36. The minimum atomic E-state index is -3.02. The molecule has 174 valence electrons. The van der Waals surface area contributed by atoms with Gasteiger partial charge in [-0.25, -0.2) is 0 Å². The molecule has 0 aliphatic heterocycles. The first-order valence-corrected chi connectivity index (χ1v) is 10.5. The Labute approximate surface area is 192 Å². The molecule has 4 atom stereocenters. The van der Waals surface area contributed by atoms with Crippen LogP contribution in [0.25, 0.3) is 0 Å². The summed E-state index contributed by atoms with van der Waals surface area (Å²) in [4.78, 5) is 13.0. The van der Waals surface area contributed by atoms with Crippen LogP contribution < -0.4 is 0 Å². The number of rotatable bonds is 11. The highest BCUT2D eigenvalue weighted by molar-refractivity contribution is 6.00. The van der Waals surface area contributed by atoms with Gasteiger partial charge in [-0.2, -0.15) is 0 Å². The van der Waals surface area contributed by atoms with Crippen LogP contribution in [0.3, 0.4) is 0 Å². The fourth-order valence-electron chi connectivity index (χ4n) is 3.37. The smallest absolute Gasteiger partial charge is 0.258 e. The van der Waals surface area contributed by atoms with Gasteiger partial charge in [-0.15, -0.1) is 0 Å². The van der Waals surface area contributed by atoms with E-state index in [1.165, 1.54) is 19.1 Å². The van der Waals surface area contributed by atoms with Crippen LogP contribution in [0.4, 0.5) is 0 Å². The van der Waals surface area contributed by atoms with E-state index < -0.39 is 29.6 Å². The van der Waals surface area contributed by atoms with Gasteiger partial charge in [0.1, 0.15) is 6.10 Å². The maximum Gasteiger partial charge on any atom is 0.258 e. The van der Waals surface area contributed by atoms with Crippen molar-refractivity contribution in [1.82, 2.24) is 0 Å². The summed E-state index contributed by atoms with van der Waals surface area (Å²) < 4.78 is 11.1. The van der Waals surface area contributed by atoms with Crippen LogP contribution in [-0.4, -0.2) is 50.0 Å². The van der Waals surface area contributed by atoms with E-state index in [-0.39, 0.29) is 18.8 Å². The quantitative estimate of drug-likeness (QED) is 0.261. The Balaban J connectivity index is 1.97. The number of aliphatic hydroxyl groups is 4. The Morgan fingerprint density at radius 2 is 1.12 bits per heavy atom. The minimum Gasteiger partial charge on any atom is -0.388 e. The molecule has 0 unspecified atom stereocenters. The van der Waals surface area contributed by atoms with Gasteiger partial charge < -0.3 is 29.9 Å². The lowest BCUT2D eigenvalue weighted by Crippen LogP contribution is -2.70. The van der Waals surface area contributed by atoms with Crippen molar-refractivity contribution in [3.63, 3.8) is 0 Å². The van der Waals surface area contributed by atoms with Crippen molar-refractivity contribution in [1.29, 1.82) is 0 Å². The molecule has 7 heteroatoms. The molecule has 3 aromatic carbocycles. The number of hydrogen-bond donors (Lipinski definition) is 4. The van der Waals surface area contributed by atoms with E-state index in [0.29, 0.717) is 11.1 Å². The third kappa shape index (κ3) is 5.54. The summed E-state index contributed by atoms with van der Waals surface area (Å²) in [5.41, 5.74) is 1.32. The molecule has 7 nitrogen and oxygen atoms in total. The van der Waals surface area contributed by atoms with Crippen LogP contribution in [-0.2, 0) is 22.7 Å². The zero-order valence-corrected chi connectivity index (χ0v) is 18.2. The summed E-state index contributed by atoms with van der Waals surface area (Å²) in [5, 5.41) is 44.3. The second-order valence-corrected chi connectivity index (χ2v) is 7.75. The van der Waals surface area contributed by atoms with Gasteiger partial charge >= 0.3 is 0 Å². The SMILES string of the molecule is C[C@@H](O)[C@@](O)(OCc1ccccc1)[C@@](O)(OCc1ccccc1)[C@@H](O)C(=O)c1ccccc1. The normalized spacial score (nSPS) is 16.9. The van der Waals surface area contributed by atoms with E-state index in [1.807, 2.05) is 0 Å². The molecule has 0 bridgehead atoms. The predicted molar refractivity (Wildman–Crippen MR) is 121 cm³/mol. The molecule has 0 aliphatic carbocycles. The van der Waals surface area contributed by atoms with E-state index >= 15 is 0 Å². The first-order valence-electron chi connectivity index (χ1n) is 10.5. The fraction of sp³-hybridized carbons (Fsp3) is 0.269. The first-order chi connectivity index (χ1) is 15.8. The molecule has 3 rings (SSSR count). The second-order valence-electron chi connectivity index (χ2n) is 7.75. The van der Waals surface area contributed by atoms with Gasteiger partial charge in [0, 0.05) is 5.56 Å². The van der Waals surface area contributed by atoms with Crippen molar-refractivity contribution in [3.05, 3.63) is 108 Å². The van der Waals surface area contributed by atoms with Gasteiger partial charge in [0.05, 0.1) is 13.2 Å². The summed E-state index contributed by atoms with van der Waals surface area (Å²) in [7, 11) is 0. The first kappa shape index (κ1) is 24.7. The molecule has 0 saturated heterocycles. The van der Waals surface area contributed by atoms with Crippen molar-refractivity contribution >= 4 is 5.78 Å². The van der Waals surface area contributed by atoms with E-state index in [2.05, 4.69) is 0 Å². The highest BCUT2D eigenvalue weighted by Crippen LogP contribution is 2.35. The summed E-state index contributed by atoms with van der Waals surface area (Å²) in [5.74, 6) is -6.78.